The van der Waals surface area contributed by atoms with Crippen LogP contribution in [0.3, 0.4) is 0 Å². The average molecular weight is 651 g/mol. The molecule has 0 heterocycles. The third-order valence-corrected chi connectivity index (χ3v) is 4.16. The number of rotatable bonds is 2. The Hall–Kier alpha value is -1.94. The van der Waals surface area contributed by atoms with E-state index in [9.17, 15) is 0 Å². The van der Waals surface area contributed by atoms with E-state index in [0.29, 0.717) is 0 Å². The summed E-state index contributed by atoms with van der Waals surface area (Å²) < 4.78 is 1.56. The Balaban J connectivity index is 0.000000478. The van der Waals surface area contributed by atoms with Crippen LogP contribution in [0.25, 0.3) is 11.1 Å². The van der Waals surface area contributed by atoms with Crippen LogP contribution in [0.15, 0.2) is 72.8 Å². The molecule has 192 valence electrons. The van der Waals surface area contributed by atoms with Crippen molar-refractivity contribution in [2.45, 2.75) is 80.4 Å². The van der Waals surface area contributed by atoms with E-state index < -0.39 is 0 Å². The zero-order chi connectivity index (χ0) is 27.5. The molecule has 0 radical (unpaired) electrons. The standard InChI is InChI=1S/2C12H11.2C3H8O.C3H6.Hf/c2*1-10-6-8-12(9-7-10)11-4-2-3-5-11;2*1-3(2)4;1-3-2;/h2*4-9H,2H2,1H3;2*3-4H,1-2H3;1-2H3;/q2*-1;;;;+2. The summed E-state index contributed by atoms with van der Waals surface area (Å²) in [6.07, 6.45) is 16.4. The van der Waals surface area contributed by atoms with Gasteiger partial charge in [0.25, 0.3) is 0 Å². The summed E-state index contributed by atoms with van der Waals surface area (Å²) in [5.74, 6) is 0. The summed E-state index contributed by atoms with van der Waals surface area (Å²) in [5, 5.41) is 16.1. The molecule has 0 fully saturated rings. The molecular weight excluding hydrogens is 607 g/mol. The van der Waals surface area contributed by atoms with Crippen LogP contribution in [0.2, 0.25) is 0 Å². The molecular formula is C33H44HfO2. The Morgan fingerprint density at radius 2 is 0.917 bits per heavy atom. The molecule has 36 heavy (non-hydrogen) atoms. The van der Waals surface area contributed by atoms with Gasteiger partial charge >= 0.3 is 41.0 Å². The minimum Gasteiger partial charge on any atom is -0.272 e. The van der Waals surface area contributed by atoms with Gasteiger partial charge in [0, 0.05) is 12.2 Å². The van der Waals surface area contributed by atoms with Gasteiger partial charge in [-0.05, 0) is 41.5 Å². The number of allylic oxidation sites excluding steroid dienone is 8. The van der Waals surface area contributed by atoms with Crippen molar-refractivity contribution in [2.75, 3.05) is 0 Å². The van der Waals surface area contributed by atoms with Crippen LogP contribution in [0.1, 0.15) is 76.6 Å². The van der Waals surface area contributed by atoms with Gasteiger partial charge in [0.05, 0.1) is 0 Å². The second kappa shape index (κ2) is 20.2. The van der Waals surface area contributed by atoms with Crippen molar-refractivity contribution < 1.29 is 34.1 Å². The van der Waals surface area contributed by atoms with Gasteiger partial charge in [0.1, 0.15) is 0 Å². The molecule has 0 atom stereocenters. The van der Waals surface area contributed by atoms with E-state index in [2.05, 4.69) is 113 Å². The Morgan fingerprint density at radius 3 is 1.11 bits per heavy atom. The van der Waals surface area contributed by atoms with Gasteiger partial charge in [-0.15, -0.1) is 24.0 Å². The molecule has 0 aromatic heterocycles. The molecule has 2 nitrogen and oxygen atoms in total. The Kier molecular flexibility index (Phi) is 19.1. The predicted octanol–water partition coefficient (Wildman–Crippen LogP) is 7.80. The Labute approximate surface area is 235 Å². The zero-order valence-corrected chi connectivity index (χ0v) is 27.0. The molecule has 2 aliphatic rings. The molecule has 0 aliphatic heterocycles. The first-order valence-electron chi connectivity index (χ1n) is 12.5. The molecule has 0 unspecified atom stereocenters. The molecule has 2 N–H and O–H groups in total. The van der Waals surface area contributed by atoms with E-state index >= 15 is 0 Å². The molecule has 2 aromatic carbocycles. The quantitative estimate of drug-likeness (QED) is 0.257. The molecule has 2 aromatic rings. The predicted molar refractivity (Wildman–Crippen MR) is 154 cm³/mol. The fraction of sp³-hybridized carbons (Fsp3) is 0.364. The molecule has 3 heteroatoms. The van der Waals surface area contributed by atoms with Gasteiger partial charge in [-0.25, -0.2) is 12.2 Å². The van der Waals surface area contributed by atoms with Crippen molar-refractivity contribution in [3.8, 4) is 0 Å². The molecule has 0 saturated heterocycles. The second-order valence-corrected chi connectivity index (χ2v) is 12.9. The fourth-order valence-electron chi connectivity index (χ4n) is 2.69. The van der Waals surface area contributed by atoms with Crippen molar-refractivity contribution in [2.24, 2.45) is 0 Å². The summed E-state index contributed by atoms with van der Waals surface area (Å²) in [6, 6.07) is 17.2. The van der Waals surface area contributed by atoms with Gasteiger partial charge in [0.15, 0.2) is 0 Å². The maximum Gasteiger partial charge on any atom is -0.0398 e. The number of aliphatic hydroxyl groups excluding tert-OH is 2. The fourth-order valence-corrected chi connectivity index (χ4v) is 2.69. The number of hydrogen-bond acceptors (Lipinski definition) is 2. The zero-order valence-electron chi connectivity index (χ0n) is 23.4. The van der Waals surface area contributed by atoms with Gasteiger partial charge in [-0.2, -0.15) is 23.3 Å². The molecule has 0 spiro atoms. The van der Waals surface area contributed by atoms with Crippen molar-refractivity contribution in [3.05, 3.63) is 107 Å². The van der Waals surface area contributed by atoms with E-state index in [-0.39, 0.29) is 12.2 Å². The third-order valence-electron chi connectivity index (χ3n) is 4.16. The van der Waals surface area contributed by atoms with Crippen LogP contribution in [0.4, 0.5) is 0 Å². The molecule has 0 saturated carbocycles. The third kappa shape index (κ3) is 19.3. The molecule has 4 rings (SSSR count). The summed E-state index contributed by atoms with van der Waals surface area (Å²) in [7, 11) is 0. The van der Waals surface area contributed by atoms with Gasteiger partial charge in [0.2, 0.25) is 0 Å². The largest absolute Gasteiger partial charge is 0.272 e. The van der Waals surface area contributed by atoms with Gasteiger partial charge in [-0.3, -0.25) is 12.2 Å². The Bertz CT molecular complexity index is 902. The molecule has 2 aliphatic carbocycles. The molecule has 0 bridgehead atoms. The van der Waals surface area contributed by atoms with Crippen LogP contribution >= 0.6 is 0 Å². The number of benzene rings is 2. The normalized spacial score (nSPS) is 12.7. The monoisotopic (exact) mass is 652 g/mol. The number of aryl methyl sites for hydroxylation is 2. The van der Waals surface area contributed by atoms with Crippen molar-refractivity contribution in [3.63, 3.8) is 0 Å². The van der Waals surface area contributed by atoms with Crippen molar-refractivity contribution >= 4 is 14.4 Å². The summed E-state index contributed by atoms with van der Waals surface area (Å²) >= 11 is 1.27. The first kappa shape index (κ1) is 34.1. The first-order chi connectivity index (χ1) is 16.9. The summed E-state index contributed by atoms with van der Waals surface area (Å²) in [5.41, 5.74) is 7.82. The van der Waals surface area contributed by atoms with E-state index in [0.717, 1.165) is 12.8 Å². The Morgan fingerprint density at radius 1 is 0.667 bits per heavy atom. The van der Waals surface area contributed by atoms with E-state index in [4.69, 9.17) is 10.2 Å². The SMILES string of the molecule is CC(C)O.CC(C)O.C[C](C)=[Hf+2].Cc1ccc(C2=CC[C-]=C2)cc1.Cc1ccc(C2=CC[C-]=C2)cc1. The second-order valence-electron chi connectivity index (χ2n) is 9.34. The number of hydrogen-bond donors (Lipinski definition) is 2. The van der Waals surface area contributed by atoms with E-state index in [1.807, 2.05) is 0 Å². The summed E-state index contributed by atoms with van der Waals surface area (Å²) in [6.45, 7) is 15.4. The first-order valence-corrected chi connectivity index (χ1v) is 14.3. The topological polar surface area (TPSA) is 40.5 Å². The average Bonchev–Trinajstić information content (AvgIpc) is 3.49. The maximum atomic E-state index is 8.06. The van der Waals surface area contributed by atoms with Crippen LogP contribution in [-0.2, 0) is 23.9 Å². The maximum absolute atomic E-state index is 8.06. The van der Waals surface area contributed by atoms with Crippen LogP contribution in [0.5, 0.6) is 0 Å². The van der Waals surface area contributed by atoms with E-state index in [1.165, 1.54) is 57.3 Å². The van der Waals surface area contributed by atoms with Crippen molar-refractivity contribution in [1.82, 2.24) is 0 Å². The van der Waals surface area contributed by atoms with Crippen LogP contribution in [0, 0.1) is 26.0 Å². The van der Waals surface area contributed by atoms with E-state index in [1.54, 1.807) is 31.0 Å². The smallest absolute Gasteiger partial charge is 0.0398 e. The van der Waals surface area contributed by atoms with Gasteiger partial charge in [-0.1, -0.05) is 59.7 Å². The van der Waals surface area contributed by atoms with Crippen LogP contribution < -0.4 is 0 Å². The van der Waals surface area contributed by atoms with Gasteiger partial charge < -0.3 is 10.2 Å². The minimum atomic E-state index is -0.167. The van der Waals surface area contributed by atoms with Crippen LogP contribution in [-0.4, -0.2) is 25.7 Å². The summed E-state index contributed by atoms with van der Waals surface area (Å²) in [4.78, 5) is 0. The minimum absolute atomic E-state index is 0.167. The van der Waals surface area contributed by atoms with Crippen molar-refractivity contribution in [1.29, 1.82) is 0 Å². The number of aliphatic hydroxyl groups is 2. The molecule has 0 amide bonds.